The molecule has 0 saturated carbocycles. The number of benzene rings is 2. The molecule has 0 saturated heterocycles. The third-order valence-electron chi connectivity index (χ3n) is 3.56. The molecule has 0 aliphatic carbocycles. The molecule has 0 fully saturated rings. The molecule has 4 nitrogen and oxygen atoms in total. The summed E-state index contributed by atoms with van der Waals surface area (Å²) in [6.07, 6.45) is -3.44. The number of rotatable bonds is 4. The van der Waals surface area contributed by atoms with Crippen molar-refractivity contribution in [2.24, 2.45) is 0 Å². The van der Waals surface area contributed by atoms with Crippen LogP contribution in [-0.2, 0) is 5.67 Å². The van der Waals surface area contributed by atoms with Crippen LogP contribution in [-0.4, -0.2) is 21.1 Å². The van der Waals surface area contributed by atoms with Gasteiger partial charge in [0, 0.05) is 5.56 Å². The lowest BCUT2D eigenvalue weighted by Crippen LogP contribution is -2.17. The maximum atomic E-state index is 13.9. The summed E-state index contributed by atoms with van der Waals surface area (Å²) in [7, 11) is 0. The average molecular weight is 365 g/mol. The largest absolute Gasteiger partial charge is 0.573 e. The van der Waals surface area contributed by atoms with Gasteiger partial charge in [0.1, 0.15) is 12.1 Å². The maximum Gasteiger partial charge on any atom is 0.573 e. The monoisotopic (exact) mass is 365 g/mol. The molecule has 0 spiro atoms. The number of nitrogens with zero attached hydrogens (tertiary/aromatic N) is 3. The van der Waals surface area contributed by atoms with Crippen molar-refractivity contribution in [2.45, 2.75) is 25.9 Å². The molecule has 0 atom stereocenters. The van der Waals surface area contributed by atoms with Gasteiger partial charge in [0.25, 0.3) is 0 Å². The van der Waals surface area contributed by atoms with Crippen molar-refractivity contribution in [3.63, 3.8) is 0 Å². The van der Waals surface area contributed by atoms with E-state index in [1.807, 2.05) is 0 Å². The molecule has 0 aliphatic heterocycles. The van der Waals surface area contributed by atoms with Gasteiger partial charge in [0.2, 0.25) is 0 Å². The van der Waals surface area contributed by atoms with Gasteiger partial charge in [-0.1, -0.05) is 30.3 Å². The Labute approximate surface area is 147 Å². The van der Waals surface area contributed by atoms with Crippen LogP contribution in [0.5, 0.6) is 5.75 Å². The van der Waals surface area contributed by atoms with E-state index < -0.39 is 12.0 Å². The van der Waals surface area contributed by atoms with Crippen molar-refractivity contribution >= 4 is 0 Å². The minimum Gasteiger partial charge on any atom is -0.405 e. The van der Waals surface area contributed by atoms with Crippen molar-refractivity contribution in [1.82, 2.24) is 14.8 Å². The van der Waals surface area contributed by atoms with Crippen molar-refractivity contribution in [1.29, 1.82) is 0 Å². The molecule has 0 unspecified atom stereocenters. The number of alkyl halides is 4. The third-order valence-corrected chi connectivity index (χ3v) is 3.56. The number of hydrogen-bond acceptors (Lipinski definition) is 3. The summed E-state index contributed by atoms with van der Waals surface area (Å²) in [5.41, 5.74) is -0.389. The van der Waals surface area contributed by atoms with Gasteiger partial charge in [-0.15, -0.1) is 18.3 Å². The summed E-state index contributed by atoms with van der Waals surface area (Å²) in [4.78, 5) is 3.94. The van der Waals surface area contributed by atoms with Crippen LogP contribution in [0.25, 0.3) is 16.8 Å². The fraction of sp³-hybridized carbons (Fsp3) is 0.222. The van der Waals surface area contributed by atoms with Crippen molar-refractivity contribution in [2.75, 3.05) is 0 Å². The van der Waals surface area contributed by atoms with E-state index in [4.69, 9.17) is 0 Å². The summed E-state index contributed by atoms with van der Waals surface area (Å²) in [5, 5.41) is 4.09. The highest BCUT2D eigenvalue weighted by Gasteiger charge is 2.32. The number of aromatic nitrogens is 3. The Bertz CT molecular complexity index is 913. The Morgan fingerprint density at radius 3 is 2.35 bits per heavy atom. The van der Waals surface area contributed by atoms with Crippen LogP contribution in [0.4, 0.5) is 17.6 Å². The molecule has 136 valence electrons. The molecule has 3 rings (SSSR count). The Morgan fingerprint density at radius 1 is 0.962 bits per heavy atom. The van der Waals surface area contributed by atoms with Crippen molar-refractivity contribution < 1.29 is 22.3 Å². The van der Waals surface area contributed by atoms with Crippen LogP contribution < -0.4 is 4.74 Å². The molecular formula is C18H15F4N3O. The van der Waals surface area contributed by atoms with E-state index in [1.165, 1.54) is 43.1 Å². The van der Waals surface area contributed by atoms with E-state index in [0.717, 1.165) is 0 Å². The van der Waals surface area contributed by atoms with Crippen LogP contribution in [0, 0.1) is 0 Å². The second kappa shape index (κ2) is 6.44. The third kappa shape index (κ3) is 4.01. The quantitative estimate of drug-likeness (QED) is 0.608. The second-order valence-corrected chi connectivity index (χ2v) is 6.08. The van der Waals surface area contributed by atoms with E-state index in [1.54, 1.807) is 30.3 Å². The summed E-state index contributed by atoms with van der Waals surface area (Å²) < 4.78 is 57.3. The standard InChI is InChI=1S/C18H15F4N3O/c1-17(2,19)16-23-11-25(24-16)13-7-5-6-12(10-13)14-8-3-4-9-15(14)26-18(20,21)22/h3-11H,1-2H3. The first kappa shape index (κ1) is 17.9. The molecule has 0 bridgehead atoms. The molecule has 26 heavy (non-hydrogen) atoms. The van der Waals surface area contributed by atoms with Gasteiger partial charge in [0.05, 0.1) is 5.69 Å². The molecule has 8 heteroatoms. The first-order chi connectivity index (χ1) is 12.1. The molecule has 0 radical (unpaired) electrons. The molecule has 1 heterocycles. The summed E-state index contributed by atoms with van der Waals surface area (Å²) in [5.74, 6) is -0.287. The molecule has 0 N–H and O–H groups in total. The fourth-order valence-electron chi connectivity index (χ4n) is 2.39. The highest BCUT2D eigenvalue weighted by molar-refractivity contribution is 5.72. The number of halogens is 4. The summed E-state index contributed by atoms with van der Waals surface area (Å²) >= 11 is 0. The number of ether oxygens (including phenoxy) is 1. The van der Waals surface area contributed by atoms with E-state index in [-0.39, 0.29) is 17.1 Å². The maximum absolute atomic E-state index is 13.9. The van der Waals surface area contributed by atoms with Crippen LogP contribution in [0.2, 0.25) is 0 Å². The zero-order chi connectivity index (χ0) is 18.9. The molecule has 3 aromatic rings. The highest BCUT2D eigenvalue weighted by atomic mass is 19.4. The summed E-state index contributed by atoms with van der Waals surface area (Å²) in [6.45, 7) is 2.68. The zero-order valence-electron chi connectivity index (χ0n) is 14.0. The topological polar surface area (TPSA) is 39.9 Å². The fourth-order valence-corrected chi connectivity index (χ4v) is 2.39. The van der Waals surface area contributed by atoms with E-state index in [2.05, 4.69) is 14.8 Å². The molecular weight excluding hydrogens is 350 g/mol. The van der Waals surface area contributed by atoms with Crippen LogP contribution in [0.3, 0.4) is 0 Å². The molecule has 2 aromatic carbocycles. The van der Waals surface area contributed by atoms with Crippen LogP contribution in [0.15, 0.2) is 54.9 Å². The lowest BCUT2D eigenvalue weighted by atomic mass is 10.0. The van der Waals surface area contributed by atoms with Gasteiger partial charge in [-0.05, 0) is 37.6 Å². The molecule has 0 aliphatic rings. The SMILES string of the molecule is CC(C)(F)c1ncn(-c2cccc(-c3ccccc3OC(F)(F)F)c2)n1. The van der Waals surface area contributed by atoms with E-state index in [9.17, 15) is 17.6 Å². The summed E-state index contributed by atoms with van der Waals surface area (Å²) in [6, 6.07) is 12.5. The van der Waals surface area contributed by atoms with Crippen LogP contribution >= 0.6 is 0 Å². The van der Waals surface area contributed by atoms with Gasteiger partial charge in [-0.25, -0.2) is 14.1 Å². The van der Waals surface area contributed by atoms with Crippen LogP contribution in [0.1, 0.15) is 19.7 Å². The zero-order valence-corrected chi connectivity index (χ0v) is 14.0. The van der Waals surface area contributed by atoms with Gasteiger partial charge >= 0.3 is 6.36 Å². The second-order valence-electron chi connectivity index (χ2n) is 6.08. The van der Waals surface area contributed by atoms with Crippen molar-refractivity contribution in [3.8, 4) is 22.6 Å². The first-order valence-corrected chi connectivity index (χ1v) is 7.70. The Morgan fingerprint density at radius 2 is 1.69 bits per heavy atom. The number of hydrogen-bond donors (Lipinski definition) is 0. The van der Waals surface area contributed by atoms with E-state index in [0.29, 0.717) is 11.3 Å². The normalized spacial score (nSPS) is 12.2. The van der Waals surface area contributed by atoms with Crippen molar-refractivity contribution in [3.05, 3.63) is 60.7 Å². The number of para-hydroxylation sites is 1. The Hall–Kier alpha value is -2.90. The lowest BCUT2D eigenvalue weighted by molar-refractivity contribution is -0.274. The smallest absolute Gasteiger partial charge is 0.405 e. The predicted octanol–water partition coefficient (Wildman–Crippen LogP) is 5.04. The van der Waals surface area contributed by atoms with Gasteiger partial charge in [-0.2, -0.15) is 0 Å². The Kier molecular flexibility index (Phi) is 4.43. The highest BCUT2D eigenvalue weighted by Crippen LogP contribution is 2.34. The first-order valence-electron chi connectivity index (χ1n) is 7.70. The molecule has 0 amide bonds. The van der Waals surface area contributed by atoms with Gasteiger partial charge in [-0.3, -0.25) is 0 Å². The van der Waals surface area contributed by atoms with E-state index >= 15 is 0 Å². The van der Waals surface area contributed by atoms with Gasteiger partial charge < -0.3 is 4.74 Å². The predicted molar refractivity (Wildman–Crippen MR) is 87.6 cm³/mol. The average Bonchev–Trinajstić information content (AvgIpc) is 3.04. The minimum absolute atomic E-state index is 0.0173. The minimum atomic E-state index is -4.79. The molecule has 1 aromatic heterocycles. The lowest BCUT2D eigenvalue weighted by Gasteiger charge is -2.14. The Balaban J connectivity index is 2.00. The van der Waals surface area contributed by atoms with Gasteiger partial charge in [0.15, 0.2) is 11.5 Å².